The van der Waals surface area contributed by atoms with Gasteiger partial charge in [-0.25, -0.2) is 8.42 Å². The van der Waals surface area contributed by atoms with Crippen LogP contribution in [0.5, 0.6) is 0 Å². The van der Waals surface area contributed by atoms with Crippen LogP contribution in [0.3, 0.4) is 0 Å². The highest BCUT2D eigenvalue weighted by Crippen LogP contribution is 2.31. The molecule has 0 saturated heterocycles. The first-order valence-electron chi connectivity index (χ1n) is 13.9. The van der Waals surface area contributed by atoms with Crippen molar-refractivity contribution in [3.63, 3.8) is 0 Å². The predicted molar refractivity (Wildman–Crippen MR) is 179 cm³/mol. The number of nitrogens with zero attached hydrogens (tertiary/aromatic N) is 3. The van der Waals surface area contributed by atoms with Crippen molar-refractivity contribution in [2.24, 2.45) is 0 Å². The normalized spacial score (nSPS) is 11.4. The lowest BCUT2D eigenvalue weighted by molar-refractivity contribution is 0.607. The Morgan fingerprint density at radius 2 is 1.70 bits per heavy atom. The zero-order valence-electron chi connectivity index (χ0n) is 24.8. The lowest BCUT2D eigenvalue weighted by atomic mass is 10.0. The van der Waals surface area contributed by atoms with Crippen LogP contribution in [0.2, 0.25) is 0 Å². The highest BCUT2D eigenvalue weighted by Gasteiger charge is 2.15. The van der Waals surface area contributed by atoms with Gasteiger partial charge in [-0.15, -0.1) is 0 Å². The van der Waals surface area contributed by atoms with Gasteiger partial charge in [0.05, 0.1) is 23.0 Å². The molecule has 0 fully saturated rings. The van der Waals surface area contributed by atoms with Crippen molar-refractivity contribution < 1.29 is 8.42 Å². The van der Waals surface area contributed by atoms with Crippen LogP contribution in [0.1, 0.15) is 12.5 Å². The van der Waals surface area contributed by atoms with Crippen molar-refractivity contribution >= 4 is 43.2 Å². The molecule has 0 bridgehead atoms. The van der Waals surface area contributed by atoms with E-state index in [9.17, 15) is 13.2 Å². The Morgan fingerprint density at radius 3 is 2.40 bits per heavy atom. The van der Waals surface area contributed by atoms with Crippen molar-refractivity contribution in [3.05, 3.63) is 119 Å². The summed E-state index contributed by atoms with van der Waals surface area (Å²) in [6, 6.07) is 22.5. The van der Waals surface area contributed by atoms with Gasteiger partial charge >= 0.3 is 0 Å². The van der Waals surface area contributed by atoms with E-state index in [2.05, 4.69) is 33.1 Å². The number of aromatic nitrogens is 2. The third-order valence-electron chi connectivity index (χ3n) is 7.35. The number of nitrogens with one attached hydrogen (secondary N) is 2. The van der Waals surface area contributed by atoms with Gasteiger partial charge in [0.1, 0.15) is 0 Å². The van der Waals surface area contributed by atoms with Gasteiger partial charge in [0.2, 0.25) is 10.0 Å². The molecule has 0 aliphatic carbocycles. The summed E-state index contributed by atoms with van der Waals surface area (Å²) in [5.74, 6) is 0. The minimum absolute atomic E-state index is 0.149. The van der Waals surface area contributed by atoms with E-state index in [4.69, 9.17) is 0 Å². The van der Waals surface area contributed by atoms with Crippen molar-refractivity contribution in [2.45, 2.75) is 13.8 Å². The number of hydrogen-bond acceptors (Lipinski definition) is 6. The first-order chi connectivity index (χ1) is 20.4. The summed E-state index contributed by atoms with van der Waals surface area (Å²) >= 11 is 0. The number of rotatable bonds is 10. The van der Waals surface area contributed by atoms with E-state index in [1.165, 1.54) is 0 Å². The second-order valence-electron chi connectivity index (χ2n) is 10.7. The molecule has 2 N–H and O–H groups in total. The van der Waals surface area contributed by atoms with Gasteiger partial charge in [-0.3, -0.25) is 19.1 Å². The first-order valence-corrected chi connectivity index (χ1v) is 15.8. The lowest BCUT2D eigenvalue weighted by Crippen LogP contribution is -2.25. The van der Waals surface area contributed by atoms with Crippen LogP contribution in [0.15, 0.2) is 108 Å². The third-order valence-corrected chi connectivity index (χ3v) is 7.95. The fourth-order valence-electron chi connectivity index (χ4n) is 5.25. The molecule has 0 saturated carbocycles. The molecule has 2 heterocycles. The van der Waals surface area contributed by atoms with Crippen molar-refractivity contribution in [2.75, 3.05) is 36.0 Å². The topological polar surface area (TPSA) is 96.3 Å². The molecule has 220 valence electrons. The van der Waals surface area contributed by atoms with E-state index in [1.54, 1.807) is 35.0 Å². The van der Waals surface area contributed by atoms with Crippen molar-refractivity contribution in [3.8, 4) is 16.8 Å². The van der Waals surface area contributed by atoms with E-state index in [1.807, 2.05) is 69.4 Å². The van der Waals surface area contributed by atoms with Gasteiger partial charge in [0.15, 0.2) is 0 Å². The first kappa shape index (κ1) is 29.6. The van der Waals surface area contributed by atoms with Crippen LogP contribution in [0, 0.1) is 6.92 Å². The molecule has 5 rings (SSSR count). The average Bonchev–Trinajstić information content (AvgIpc) is 2.97. The van der Waals surface area contributed by atoms with Gasteiger partial charge in [0, 0.05) is 60.2 Å². The SMILES string of the molecule is C=C(CN(C)c1cc(-n2c(=O)ccc3cnc4ccc(-c5ccc(NS(C)(=O)=O)cc5)cc4c32)ccc1C)C(=C)NCC. The van der Waals surface area contributed by atoms with Gasteiger partial charge in [0.25, 0.3) is 5.56 Å². The standard InChI is InChI=1S/C34H35N5O3S/c1-7-35-24(4)23(3)21-38(5)32-19-29(15-8-22(32)2)39-33(40)17-12-27-20-36-31-16-11-26(18-30(31)34(27)39)25-9-13-28(14-10-25)37-43(6,41)42/h8-20,35,37H,3-4,7,21H2,1-2,5-6H3. The monoisotopic (exact) mass is 593 g/mol. The summed E-state index contributed by atoms with van der Waals surface area (Å²) in [4.78, 5) is 20.3. The molecular formula is C34H35N5O3S. The minimum Gasteiger partial charge on any atom is -0.386 e. The zero-order valence-corrected chi connectivity index (χ0v) is 25.6. The van der Waals surface area contributed by atoms with E-state index < -0.39 is 10.0 Å². The molecule has 0 atom stereocenters. The molecule has 0 spiro atoms. The molecule has 9 heteroatoms. The summed E-state index contributed by atoms with van der Waals surface area (Å²) in [7, 11) is -1.37. The predicted octanol–water partition coefficient (Wildman–Crippen LogP) is 6.00. The number of fused-ring (bicyclic) bond motifs is 3. The second-order valence-corrected chi connectivity index (χ2v) is 12.4. The molecular weight excluding hydrogens is 558 g/mol. The Kier molecular flexibility index (Phi) is 8.10. The Balaban J connectivity index is 1.62. The number of benzene rings is 3. The van der Waals surface area contributed by atoms with Crippen LogP contribution < -0.4 is 20.5 Å². The van der Waals surface area contributed by atoms with E-state index >= 15 is 0 Å². The Labute approximate surface area is 252 Å². The summed E-state index contributed by atoms with van der Waals surface area (Å²) in [5, 5.41) is 4.89. The minimum atomic E-state index is -3.37. The molecule has 0 radical (unpaired) electrons. The fraction of sp³-hybridized carbons (Fsp3) is 0.176. The number of aryl methyl sites for hydroxylation is 1. The molecule has 0 unspecified atom stereocenters. The lowest BCUT2D eigenvalue weighted by Gasteiger charge is -2.25. The van der Waals surface area contributed by atoms with Crippen molar-refractivity contribution in [1.82, 2.24) is 14.9 Å². The number of hydrogen-bond donors (Lipinski definition) is 2. The summed E-state index contributed by atoms with van der Waals surface area (Å²) in [6.45, 7) is 13.7. The number of sulfonamides is 1. The van der Waals surface area contributed by atoms with E-state index in [0.29, 0.717) is 12.2 Å². The maximum atomic E-state index is 13.5. The molecule has 3 aromatic carbocycles. The molecule has 2 aromatic heterocycles. The highest BCUT2D eigenvalue weighted by molar-refractivity contribution is 7.92. The molecule has 0 aliphatic rings. The number of likely N-dealkylation sites (N-methyl/N-ethyl adjacent to an activating group) is 2. The molecule has 0 amide bonds. The van der Waals surface area contributed by atoms with Crippen LogP contribution in [-0.4, -0.2) is 44.4 Å². The van der Waals surface area contributed by atoms with Gasteiger partial charge in [-0.1, -0.05) is 37.4 Å². The maximum absolute atomic E-state index is 13.5. The molecule has 8 nitrogen and oxygen atoms in total. The molecule has 0 aliphatic heterocycles. The van der Waals surface area contributed by atoms with Crippen molar-refractivity contribution in [1.29, 1.82) is 0 Å². The fourth-order valence-corrected chi connectivity index (χ4v) is 5.81. The largest absolute Gasteiger partial charge is 0.386 e. The average molecular weight is 594 g/mol. The van der Waals surface area contributed by atoms with Crippen LogP contribution in [-0.2, 0) is 10.0 Å². The number of pyridine rings is 2. The van der Waals surface area contributed by atoms with Gasteiger partial charge < -0.3 is 10.2 Å². The van der Waals surface area contributed by atoms with Crippen LogP contribution >= 0.6 is 0 Å². The van der Waals surface area contributed by atoms with E-state index in [0.717, 1.165) is 73.9 Å². The van der Waals surface area contributed by atoms with E-state index in [-0.39, 0.29) is 5.56 Å². The second kappa shape index (κ2) is 11.8. The van der Waals surface area contributed by atoms with Crippen LogP contribution in [0.4, 0.5) is 11.4 Å². The molecule has 5 aromatic rings. The highest BCUT2D eigenvalue weighted by atomic mass is 32.2. The summed E-state index contributed by atoms with van der Waals surface area (Å²) < 4.78 is 27.5. The third kappa shape index (κ3) is 6.32. The Hall–Kier alpha value is -4.89. The summed E-state index contributed by atoms with van der Waals surface area (Å²) in [5.41, 5.74) is 8.18. The maximum Gasteiger partial charge on any atom is 0.255 e. The molecule has 43 heavy (non-hydrogen) atoms. The van der Waals surface area contributed by atoms with Gasteiger partial charge in [-0.05, 0) is 78.6 Å². The summed E-state index contributed by atoms with van der Waals surface area (Å²) in [6.07, 6.45) is 2.91. The Bertz CT molecular complexity index is 2050. The zero-order chi connectivity index (χ0) is 30.9. The quantitative estimate of drug-likeness (QED) is 0.152. The van der Waals surface area contributed by atoms with Gasteiger partial charge in [-0.2, -0.15) is 0 Å². The van der Waals surface area contributed by atoms with Crippen LogP contribution in [0.25, 0.3) is 38.6 Å². The Morgan fingerprint density at radius 1 is 0.977 bits per heavy atom. The smallest absolute Gasteiger partial charge is 0.255 e. The number of anilines is 2.